The molecule has 0 saturated heterocycles. The number of benzene rings is 1. The molecule has 1 heteroatoms. The van der Waals surface area contributed by atoms with E-state index in [0.717, 1.165) is 12.5 Å². The van der Waals surface area contributed by atoms with Crippen LogP contribution in [0, 0.1) is 11.3 Å². The van der Waals surface area contributed by atoms with Crippen LogP contribution in [0.4, 0.5) is 0 Å². The summed E-state index contributed by atoms with van der Waals surface area (Å²) in [5.41, 5.74) is 3.71. The maximum Gasteiger partial charge on any atom is 0.0353 e. The van der Waals surface area contributed by atoms with Gasteiger partial charge >= 0.3 is 0 Å². The Morgan fingerprint density at radius 3 is 2.19 bits per heavy atom. The summed E-state index contributed by atoms with van der Waals surface area (Å²) in [7, 11) is 0. The molecule has 2 rings (SSSR count). The topological polar surface area (TPSA) is 12.0 Å². The van der Waals surface area contributed by atoms with Gasteiger partial charge in [0.1, 0.15) is 0 Å². The average Bonchev–Trinajstić information content (AvgIpc) is 3.08. The number of nitrogens with one attached hydrogen (secondary N) is 1. The molecule has 0 amide bonds. The van der Waals surface area contributed by atoms with Gasteiger partial charge in [-0.1, -0.05) is 65.8 Å². The Kier molecular flexibility index (Phi) is 4.82. The highest BCUT2D eigenvalue weighted by molar-refractivity contribution is 5.31. The molecule has 2 atom stereocenters. The Hall–Kier alpha value is -0.820. The van der Waals surface area contributed by atoms with Crippen molar-refractivity contribution in [1.29, 1.82) is 0 Å². The molecule has 118 valence electrons. The van der Waals surface area contributed by atoms with Crippen LogP contribution in [-0.2, 0) is 5.41 Å². The molecule has 1 nitrogen and oxygen atoms in total. The summed E-state index contributed by atoms with van der Waals surface area (Å²) in [6.07, 6.45) is 3.72. The Labute approximate surface area is 131 Å². The second-order valence-electron chi connectivity index (χ2n) is 8.09. The summed E-state index contributed by atoms with van der Waals surface area (Å²) in [6, 6.07) is 9.92. The summed E-state index contributed by atoms with van der Waals surface area (Å²) in [5, 5.41) is 3.78. The zero-order valence-electron chi connectivity index (χ0n) is 14.8. The highest BCUT2D eigenvalue weighted by Crippen LogP contribution is 2.57. The van der Waals surface area contributed by atoms with Gasteiger partial charge < -0.3 is 5.32 Å². The van der Waals surface area contributed by atoms with Gasteiger partial charge in [-0.15, -0.1) is 0 Å². The largest absolute Gasteiger partial charge is 0.310 e. The van der Waals surface area contributed by atoms with E-state index >= 15 is 0 Å². The van der Waals surface area contributed by atoms with Crippen molar-refractivity contribution in [3.05, 3.63) is 35.4 Å². The Balaban J connectivity index is 2.17. The van der Waals surface area contributed by atoms with E-state index in [1.807, 2.05) is 0 Å². The highest BCUT2D eigenvalue weighted by Gasteiger charge is 2.50. The summed E-state index contributed by atoms with van der Waals surface area (Å²) >= 11 is 0. The van der Waals surface area contributed by atoms with Crippen molar-refractivity contribution in [2.24, 2.45) is 11.3 Å². The minimum Gasteiger partial charge on any atom is -0.310 e. The van der Waals surface area contributed by atoms with Gasteiger partial charge in [-0.2, -0.15) is 0 Å². The third-order valence-corrected chi connectivity index (χ3v) is 5.54. The van der Waals surface area contributed by atoms with Gasteiger partial charge in [-0.05, 0) is 53.7 Å². The minimum absolute atomic E-state index is 0.281. The molecule has 1 fully saturated rings. The Morgan fingerprint density at radius 2 is 1.76 bits per heavy atom. The van der Waals surface area contributed by atoms with E-state index in [9.17, 15) is 0 Å². The van der Waals surface area contributed by atoms with Crippen molar-refractivity contribution in [2.45, 2.75) is 72.3 Å². The van der Waals surface area contributed by atoms with E-state index in [1.54, 1.807) is 0 Å². The molecule has 2 unspecified atom stereocenters. The van der Waals surface area contributed by atoms with E-state index in [0.29, 0.717) is 11.5 Å². The molecular formula is C20H33N. The second-order valence-corrected chi connectivity index (χ2v) is 8.09. The van der Waals surface area contributed by atoms with Gasteiger partial charge in [0.05, 0.1) is 0 Å². The van der Waals surface area contributed by atoms with Crippen LogP contribution >= 0.6 is 0 Å². The average molecular weight is 287 g/mol. The summed E-state index contributed by atoms with van der Waals surface area (Å²) in [5.74, 6) is 0.786. The van der Waals surface area contributed by atoms with Gasteiger partial charge in [0.15, 0.2) is 0 Å². The molecule has 1 aliphatic carbocycles. The van der Waals surface area contributed by atoms with Crippen molar-refractivity contribution in [3.8, 4) is 0 Å². The first-order valence-electron chi connectivity index (χ1n) is 8.65. The summed E-state index contributed by atoms with van der Waals surface area (Å²) < 4.78 is 0. The third-order valence-electron chi connectivity index (χ3n) is 5.54. The first-order valence-corrected chi connectivity index (χ1v) is 8.65. The smallest absolute Gasteiger partial charge is 0.0353 e. The van der Waals surface area contributed by atoms with Crippen molar-refractivity contribution in [3.63, 3.8) is 0 Å². The van der Waals surface area contributed by atoms with Gasteiger partial charge in [0, 0.05) is 6.04 Å². The first-order chi connectivity index (χ1) is 9.81. The molecule has 0 aromatic heterocycles. The quantitative estimate of drug-likeness (QED) is 0.702. The molecule has 0 spiro atoms. The molecule has 0 radical (unpaired) electrons. The predicted molar refractivity (Wildman–Crippen MR) is 92.7 cm³/mol. The van der Waals surface area contributed by atoms with Crippen LogP contribution in [0.1, 0.15) is 78.0 Å². The van der Waals surface area contributed by atoms with Crippen LogP contribution in [0.5, 0.6) is 0 Å². The number of hydrogen-bond donors (Lipinski definition) is 1. The summed E-state index contributed by atoms with van der Waals surface area (Å²) in [6.45, 7) is 15.1. The standard InChI is InChI=1S/C20H33N/c1-7-13-21-18(17-14-20(17,5)6)15-9-11-16(12-10-15)19(3,4)8-2/h9-12,17-18,21H,7-8,13-14H2,1-6H3. The van der Waals surface area contributed by atoms with Crippen molar-refractivity contribution < 1.29 is 0 Å². The molecule has 0 heterocycles. The summed E-state index contributed by atoms with van der Waals surface area (Å²) in [4.78, 5) is 0. The van der Waals surface area contributed by atoms with Crippen molar-refractivity contribution in [1.82, 2.24) is 5.32 Å². The second kappa shape index (κ2) is 6.12. The maximum atomic E-state index is 3.78. The van der Waals surface area contributed by atoms with Crippen LogP contribution in [0.25, 0.3) is 0 Å². The van der Waals surface area contributed by atoms with Gasteiger partial charge in [0.2, 0.25) is 0 Å². The fourth-order valence-corrected chi connectivity index (χ4v) is 3.21. The molecule has 1 aromatic rings. The van der Waals surface area contributed by atoms with E-state index in [4.69, 9.17) is 0 Å². The van der Waals surface area contributed by atoms with Gasteiger partial charge in [-0.3, -0.25) is 0 Å². The molecule has 1 saturated carbocycles. The zero-order valence-corrected chi connectivity index (χ0v) is 14.8. The Morgan fingerprint density at radius 1 is 1.19 bits per heavy atom. The number of hydrogen-bond acceptors (Lipinski definition) is 1. The monoisotopic (exact) mass is 287 g/mol. The van der Waals surface area contributed by atoms with Crippen LogP contribution < -0.4 is 5.32 Å². The van der Waals surface area contributed by atoms with Crippen LogP contribution in [0.2, 0.25) is 0 Å². The predicted octanol–water partition coefficient (Wildman–Crippen LogP) is 5.46. The lowest BCUT2D eigenvalue weighted by Crippen LogP contribution is -2.25. The Bertz CT molecular complexity index is 455. The molecule has 21 heavy (non-hydrogen) atoms. The third kappa shape index (κ3) is 3.69. The van der Waals surface area contributed by atoms with Gasteiger partial charge in [-0.25, -0.2) is 0 Å². The number of rotatable bonds is 7. The lowest BCUT2D eigenvalue weighted by atomic mass is 9.81. The van der Waals surface area contributed by atoms with Crippen LogP contribution in [0.3, 0.4) is 0 Å². The van der Waals surface area contributed by atoms with Crippen LogP contribution in [0.15, 0.2) is 24.3 Å². The van der Waals surface area contributed by atoms with Gasteiger partial charge in [0.25, 0.3) is 0 Å². The molecule has 0 bridgehead atoms. The highest BCUT2D eigenvalue weighted by atomic mass is 14.9. The fourth-order valence-electron chi connectivity index (χ4n) is 3.21. The lowest BCUT2D eigenvalue weighted by molar-refractivity contribution is 0.415. The van der Waals surface area contributed by atoms with E-state index in [2.05, 4.69) is 71.1 Å². The zero-order chi connectivity index (χ0) is 15.7. The molecule has 1 aromatic carbocycles. The maximum absolute atomic E-state index is 3.78. The lowest BCUT2D eigenvalue weighted by Gasteiger charge is -2.25. The van der Waals surface area contributed by atoms with E-state index in [-0.39, 0.29) is 5.41 Å². The first kappa shape index (κ1) is 16.5. The molecule has 1 aliphatic rings. The van der Waals surface area contributed by atoms with Crippen molar-refractivity contribution in [2.75, 3.05) is 6.54 Å². The normalized spacial score (nSPS) is 22.1. The fraction of sp³-hybridized carbons (Fsp3) is 0.700. The van der Waals surface area contributed by atoms with Crippen LogP contribution in [-0.4, -0.2) is 6.54 Å². The SMILES string of the molecule is CCCNC(c1ccc(C(C)(C)CC)cc1)C1CC1(C)C. The molecule has 1 N–H and O–H groups in total. The van der Waals surface area contributed by atoms with E-state index in [1.165, 1.54) is 30.4 Å². The van der Waals surface area contributed by atoms with E-state index < -0.39 is 0 Å². The minimum atomic E-state index is 0.281. The van der Waals surface area contributed by atoms with Crippen molar-refractivity contribution >= 4 is 0 Å². The molecular weight excluding hydrogens is 254 g/mol. The molecule has 0 aliphatic heterocycles.